The molecule has 0 aliphatic rings. The Hall–Kier alpha value is -4.06. The third kappa shape index (κ3) is 5.84. The highest BCUT2D eigenvalue weighted by Crippen LogP contribution is 2.36. The molecule has 3 aromatic rings. The molecule has 0 atom stereocenters. The Balaban J connectivity index is 1.94. The van der Waals surface area contributed by atoms with Crippen molar-refractivity contribution in [1.82, 2.24) is 0 Å². The van der Waals surface area contributed by atoms with Crippen LogP contribution >= 0.6 is 23.2 Å². The number of carbonyl (C=O) groups is 1. The van der Waals surface area contributed by atoms with Crippen LogP contribution in [0.4, 0.5) is 11.4 Å². The SMILES string of the molecule is COc1cc(/C=C(/C#N)C(=O)Nc2cccc(Cl)c2Cl)c([N+](=O)[O-])cc1OCc1ccccc1. The van der Waals surface area contributed by atoms with E-state index in [9.17, 15) is 20.2 Å². The summed E-state index contributed by atoms with van der Waals surface area (Å²) in [7, 11) is 1.38. The number of nitrogens with one attached hydrogen (secondary N) is 1. The predicted octanol–water partition coefficient (Wildman–Crippen LogP) is 6.03. The lowest BCUT2D eigenvalue weighted by Crippen LogP contribution is -2.14. The van der Waals surface area contributed by atoms with Gasteiger partial charge in [-0.2, -0.15) is 5.26 Å². The molecule has 0 aliphatic carbocycles. The number of amides is 1. The van der Waals surface area contributed by atoms with Crippen LogP contribution < -0.4 is 14.8 Å². The summed E-state index contributed by atoms with van der Waals surface area (Å²) in [5.74, 6) is -0.475. The minimum absolute atomic E-state index is 0.0159. The van der Waals surface area contributed by atoms with Crippen molar-refractivity contribution in [1.29, 1.82) is 5.26 Å². The molecule has 10 heteroatoms. The quantitative estimate of drug-likeness (QED) is 0.175. The molecule has 0 unspecified atom stereocenters. The summed E-state index contributed by atoms with van der Waals surface area (Å²) in [6, 6.07) is 18.1. The zero-order valence-corrected chi connectivity index (χ0v) is 19.3. The minimum atomic E-state index is -0.815. The first-order valence-electron chi connectivity index (χ1n) is 9.74. The van der Waals surface area contributed by atoms with E-state index >= 15 is 0 Å². The zero-order chi connectivity index (χ0) is 24.7. The number of methoxy groups -OCH3 is 1. The molecule has 8 nitrogen and oxygen atoms in total. The van der Waals surface area contributed by atoms with E-state index in [-0.39, 0.29) is 50.7 Å². The summed E-state index contributed by atoms with van der Waals surface area (Å²) in [4.78, 5) is 23.7. The molecule has 34 heavy (non-hydrogen) atoms. The maximum atomic E-state index is 12.6. The van der Waals surface area contributed by atoms with Crippen molar-refractivity contribution in [2.24, 2.45) is 0 Å². The van der Waals surface area contributed by atoms with E-state index in [0.29, 0.717) is 0 Å². The number of ether oxygens (including phenoxy) is 2. The minimum Gasteiger partial charge on any atom is -0.493 e. The van der Waals surface area contributed by atoms with Crippen molar-refractivity contribution >= 4 is 46.6 Å². The summed E-state index contributed by atoms with van der Waals surface area (Å²) < 4.78 is 11.0. The second-order valence-electron chi connectivity index (χ2n) is 6.82. The summed E-state index contributed by atoms with van der Waals surface area (Å²) in [5, 5.41) is 24.0. The number of halogens is 2. The molecule has 1 amide bonds. The number of anilines is 1. The topological polar surface area (TPSA) is 114 Å². The van der Waals surface area contributed by atoms with Crippen LogP contribution in [-0.2, 0) is 11.4 Å². The first-order valence-corrected chi connectivity index (χ1v) is 10.5. The molecule has 0 saturated carbocycles. The van der Waals surface area contributed by atoms with Crippen LogP contribution in [0.2, 0.25) is 10.0 Å². The van der Waals surface area contributed by atoms with E-state index in [1.807, 2.05) is 30.3 Å². The Bertz CT molecular complexity index is 1300. The van der Waals surface area contributed by atoms with Crippen LogP contribution in [0.25, 0.3) is 6.08 Å². The van der Waals surface area contributed by atoms with Crippen LogP contribution in [0, 0.1) is 21.4 Å². The fourth-order valence-corrected chi connectivity index (χ4v) is 3.29. The van der Waals surface area contributed by atoms with Gasteiger partial charge in [0.1, 0.15) is 18.2 Å². The average Bonchev–Trinajstić information content (AvgIpc) is 2.84. The Morgan fingerprint density at radius 1 is 1.15 bits per heavy atom. The molecule has 0 fully saturated rings. The van der Waals surface area contributed by atoms with Gasteiger partial charge in [-0.15, -0.1) is 0 Å². The third-order valence-corrected chi connectivity index (χ3v) is 5.43. The number of rotatable bonds is 8. The molecule has 3 rings (SSSR count). The lowest BCUT2D eigenvalue weighted by atomic mass is 10.1. The molecule has 1 N–H and O–H groups in total. The summed E-state index contributed by atoms with van der Waals surface area (Å²) in [6.07, 6.45) is 1.09. The molecule has 0 aromatic heterocycles. The molecule has 0 heterocycles. The fraction of sp³-hybridized carbons (Fsp3) is 0.0833. The van der Waals surface area contributed by atoms with Crippen molar-refractivity contribution in [3.8, 4) is 17.6 Å². The van der Waals surface area contributed by atoms with E-state index in [2.05, 4.69) is 5.32 Å². The third-order valence-electron chi connectivity index (χ3n) is 4.61. The van der Waals surface area contributed by atoms with Gasteiger partial charge in [0, 0.05) is 0 Å². The number of hydrogen-bond acceptors (Lipinski definition) is 6. The highest BCUT2D eigenvalue weighted by Gasteiger charge is 2.21. The van der Waals surface area contributed by atoms with E-state index in [1.54, 1.807) is 12.1 Å². The van der Waals surface area contributed by atoms with Crippen molar-refractivity contribution in [3.05, 3.63) is 97.5 Å². The monoisotopic (exact) mass is 497 g/mol. The zero-order valence-electron chi connectivity index (χ0n) is 17.7. The molecular weight excluding hydrogens is 481 g/mol. The van der Waals surface area contributed by atoms with Crippen molar-refractivity contribution in [2.75, 3.05) is 12.4 Å². The van der Waals surface area contributed by atoms with Gasteiger partial charge in [-0.3, -0.25) is 14.9 Å². The fourth-order valence-electron chi connectivity index (χ4n) is 2.94. The average molecular weight is 498 g/mol. The standard InChI is InChI=1S/C24H17Cl2N3O5/c1-33-21-11-16(10-17(13-27)24(30)28-19-9-5-8-18(25)23(19)26)20(29(31)32)12-22(21)34-14-15-6-3-2-4-7-15/h2-12H,14H2,1H3,(H,28,30)/b17-10-. The van der Waals surface area contributed by atoms with Gasteiger partial charge >= 0.3 is 0 Å². The van der Waals surface area contributed by atoms with Crippen molar-refractivity contribution < 1.29 is 19.2 Å². The second kappa shape index (κ2) is 11.2. The summed E-state index contributed by atoms with van der Waals surface area (Å²) in [5.41, 5.74) is 0.276. The maximum Gasteiger partial charge on any atom is 0.280 e. The molecule has 3 aromatic carbocycles. The Morgan fingerprint density at radius 3 is 2.53 bits per heavy atom. The van der Waals surface area contributed by atoms with Crippen LogP contribution in [0.15, 0.2) is 66.2 Å². The van der Waals surface area contributed by atoms with Gasteiger partial charge in [-0.25, -0.2) is 0 Å². The van der Waals surface area contributed by atoms with Gasteiger partial charge < -0.3 is 14.8 Å². The molecular formula is C24H17Cl2N3O5. The maximum absolute atomic E-state index is 12.6. The number of benzene rings is 3. The van der Waals surface area contributed by atoms with Crippen LogP contribution in [-0.4, -0.2) is 17.9 Å². The molecule has 0 spiro atoms. The highest BCUT2D eigenvalue weighted by molar-refractivity contribution is 6.44. The number of nitro benzene ring substituents is 1. The normalized spacial score (nSPS) is 10.8. The Kier molecular flexibility index (Phi) is 8.09. The number of carbonyl (C=O) groups excluding carboxylic acids is 1. The molecule has 0 radical (unpaired) electrons. The van der Waals surface area contributed by atoms with Gasteiger partial charge in [0.25, 0.3) is 11.6 Å². The molecule has 0 bridgehead atoms. The summed E-state index contributed by atoms with van der Waals surface area (Å²) in [6.45, 7) is 0.162. The van der Waals surface area contributed by atoms with Gasteiger partial charge in [0.05, 0.1) is 39.4 Å². The van der Waals surface area contributed by atoms with Crippen molar-refractivity contribution in [3.63, 3.8) is 0 Å². The number of nitro groups is 1. The second-order valence-corrected chi connectivity index (χ2v) is 7.60. The lowest BCUT2D eigenvalue weighted by molar-refractivity contribution is -0.385. The number of nitriles is 1. The number of hydrogen-bond donors (Lipinski definition) is 1. The Morgan fingerprint density at radius 2 is 1.88 bits per heavy atom. The van der Waals surface area contributed by atoms with Gasteiger partial charge in [0.2, 0.25) is 0 Å². The first-order chi connectivity index (χ1) is 16.3. The van der Waals surface area contributed by atoms with Gasteiger partial charge in [-0.05, 0) is 29.8 Å². The Labute approximate surface area is 205 Å². The smallest absolute Gasteiger partial charge is 0.280 e. The van der Waals surface area contributed by atoms with Crippen LogP contribution in [0.1, 0.15) is 11.1 Å². The van der Waals surface area contributed by atoms with E-state index in [0.717, 1.165) is 11.6 Å². The van der Waals surface area contributed by atoms with Gasteiger partial charge in [-0.1, -0.05) is 59.6 Å². The largest absolute Gasteiger partial charge is 0.493 e. The summed E-state index contributed by atoms with van der Waals surface area (Å²) >= 11 is 12.0. The molecule has 0 saturated heterocycles. The molecule has 172 valence electrons. The van der Waals surface area contributed by atoms with Gasteiger partial charge in [0.15, 0.2) is 11.5 Å². The van der Waals surface area contributed by atoms with Crippen LogP contribution in [0.3, 0.4) is 0 Å². The van der Waals surface area contributed by atoms with E-state index in [4.69, 9.17) is 32.7 Å². The number of nitrogens with zero attached hydrogens (tertiary/aromatic N) is 2. The molecule has 0 aliphatic heterocycles. The highest BCUT2D eigenvalue weighted by atomic mass is 35.5. The van der Waals surface area contributed by atoms with E-state index < -0.39 is 10.8 Å². The first kappa shape index (κ1) is 24.6. The van der Waals surface area contributed by atoms with E-state index in [1.165, 1.54) is 31.4 Å². The van der Waals surface area contributed by atoms with Crippen molar-refractivity contribution in [2.45, 2.75) is 6.61 Å². The van der Waals surface area contributed by atoms with Crippen LogP contribution in [0.5, 0.6) is 11.5 Å². The lowest BCUT2D eigenvalue weighted by Gasteiger charge is -2.12. The predicted molar refractivity (Wildman–Crippen MR) is 129 cm³/mol.